The second-order valence-corrected chi connectivity index (χ2v) is 6.44. The summed E-state index contributed by atoms with van der Waals surface area (Å²) in [6, 6.07) is 0. The van der Waals surface area contributed by atoms with Crippen molar-refractivity contribution in [2.24, 2.45) is 11.8 Å². The SMILES string of the molecule is CCCCOC(=O)C/C(=C\C(=O)OCC(C)C)C(=O)OCC(C)C. The lowest BCUT2D eigenvalue weighted by atomic mass is 10.1. The lowest BCUT2D eigenvalue weighted by Crippen LogP contribution is -2.18. The highest BCUT2D eigenvalue weighted by atomic mass is 16.5. The summed E-state index contributed by atoms with van der Waals surface area (Å²) in [5.41, 5.74) is -0.0501. The van der Waals surface area contributed by atoms with Crippen molar-refractivity contribution in [2.75, 3.05) is 19.8 Å². The Kier molecular flexibility index (Phi) is 11.6. The van der Waals surface area contributed by atoms with Crippen LogP contribution < -0.4 is 0 Å². The molecule has 0 saturated heterocycles. The average molecular weight is 342 g/mol. The first-order valence-corrected chi connectivity index (χ1v) is 8.46. The maximum Gasteiger partial charge on any atom is 0.334 e. The fourth-order valence-corrected chi connectivity index (χ4v) is 1.49. The van der Waals surface area contributed by atoms with Crippen LogP contribution in [0.25, 0.3) is 0 Å². The molecule has 0 aliphatic rings. The normalized spacial score (nSPS) is 11.5. The minimum absolute atomic E-state index is 0.0501. The number of hydrogen-bond donors (Lipinski definition) is 0. The van der Waals surface area contributed by atoms with Crippen LogP contribution in [0.2, 0.25) is 0 Å². The Labute approximate surface area is 144 Å². The van der Waals surface area contributed by atoms with E-state index in [1.807, 2.05) is 34.6 Å². The van der Waals surface area contributed by atoms with E-state index in [1.165, 1.54) is 0 Å². The highest BCUT2D eigenvalue weighted by molar-refractivity contribution is 5.99. The molecular weight excluding hydrogens is 312 g/mol. The second kappa shape index (κ2) is 12.6. The van der Waals surface area contributed by atoms with E-state index in [-0.39, 0.29) is 37.0 Å². The molecule has 0 spiro atoms. The maximum atomic E-state index is 12.1. The molecule has 0 unspecified atom stereocenters. The van der Waals surface area contributed by atoms with Crippen molar-refractivity contribution in [3.05, 3.63) is 11.6 Å². The van der Waals surface area contributed by atoms with Crippen molar-refractivity contribution < 1.29 is 28.6 Å². The highest BCUT2D eigenvalue weighted by Gasteiger charge is 2.19. The van der Waals surface area contributed by atoms with Crippen LogP contribution in [-0.2, 0) is 28.6 Å². The predicted molar refractivity (Wildman–Crippen MR) is 90.2 cm³/mol. The van der Waals surface area contributed by atoms with Gasteiger partial charge in [-0.05, 0) is 18.3 Å². The van der Waals surface area contributed by atoms with Crippen molar-refractivity contribution in [1.29, 1.82) is 0 Å². The Bertz CT molecular complexity index is 437. The van der Waals surface area contributed by atoms with E-state index in [0.29, 0.717) is 6.61 Å². The number of hydrogen-bond acceptors (Lipinski definition) is 6. The van der Waals surface area contributed by atoms with Gasteiger partial charge in [-0.3, -0.25) is 4.79 Å². The number of rotatable bonds is 11. The van der Waals surface area contributed by atoms with E-state index in [0.717, 1.165) is 18.9 Å². The molecule has 24 heavy (non-hydrogen) atoms. The van der Waals surface area contributed by atoms with Gasteiger partial charge in [-0.25, -0.2) is 9.59 Å². The average Bonchev–Trinajstić information content (AvgIpc) is 2.50. The van der Waals surface area contributed by atoms with Gasteiger partial charge >= 0.3 is 17.9 Å². The summed E-state index contributed by atoms with van der Waals surface area (Å²) in [7, 11) is 0. The van der Waals surface area contributed by atoms with E-state index in [1.54, 1.807) is 0 Å². The van der Waals surface area contributed by atoms with Crippen molar-refractivity contribution in [1.82, 2.24) is 0 Å². The van der Waals surface area contributed by atoms with Gasteiger partial charge in [0.2, 0.25) is 0 Å². The Morgan fingerprint density at radius 1 is 0.917 bits per heavy atom. The fraction of sp³-hybridized carbons (Fsp3) is 0.722. The van der Waals surface area contributed by atoms with Crippen LogP contribution in [0.3, 0.4) is 0 Å². The minimum atomic E-state index is -0.697. The van der Waals surface area contributed by atoms with E-state index in [2.05, 4.69) is 0 Å². The van der Waals surface area contributed by atoms with E-state index in [4.69, 9.17) is 14.2 Å². The highest BCUT2D eigenvalue weighted by Crippen LogP contribution is 2.09. The summed E-state index contributed by atoms with van der Waals surface area (Å²) in [5.74, 6) is -1.59. The van der Waals surface area contributed by atoms with Crippen molar-refractivity contribution in [3.8, 4) is 0 Å². The molecule has 0 fully saturated rings. The van der Waals surface area contributed by atoms with Gasteiger partial charge in [0.15, 0.2) is 0 Å². The quantitative estimate of drug-likeness (QED) is 0.248. The van der Waals surface area contributed by atoms with Crippen LogP contribution in [0.4, 0.5) is 0 Å². The first-order chi connectivity index (χ1) is 11.3. The largest absolute Gasteiger partial charge is 0.465 e. The molecule has 0 aliphatic carbocycles. The summed E-state index contributed by atoms with van der Waals surface area (Å²) in [6.07, 6.45) is 2.36. The maximum absolute atomic E-state index is 12.1. The molecule has 0 rings (SSSR count). The molecule has 0 radical (unpaired) electrons. The summed E-state index contributed by atoms with van der Waals surface area (Å²) in [6.45, 7) is 10.3. The molecule has 0 amide bonds. The standard InChI is InChI=1S/C18H30O6/c1-6-7-8-22-16(19)9-15(18(21)24-12-14(4)5)10-17(20)23-11-13(2)3/h10,13-14H,6-9,11-12H2,1-5H3/b15-10+. The molecule has 138 valence electrons. The van der Waals surface area contributed by atoms with Crippen molar-refractivity contribution in [3.63, 3.8) is 0 Å². The van der Waals surface area contributed by atoms with Crippen molar-refractivity contribution in [2.45, 2.75) is 53.9 Å². The number of ether oxygens (including phenoxy) is 3. The Morgan fingerprint density at radius 3 is 2.04 bits per heavy atom. The zero-order valence-electron chi connectivity index (χ0n) is 15.4. The monoisotopic (exact) mass is 342 g/mol. The van der Waals surface area contributed by atoms with Gasteiger partial charge in [0.25, 0.3) is 0 Å². The third-order valence-electron chi connectivity index (χ3n) is 2.76. The first kappa shape index (κ1) is 22.1. The molecule has 0 atom stereocenters. The molecule has 0 aromatic rings. The van der Waals surface area contributed by atoms with Gasteiger partial charge in [0.05, 0.1) is 31.8 Å². The molecule has 0 aliphatic heterocycles. The molecule has 6 heteroatoms. The zero-order valence-corrected chi connectivity index (χ0v) is 15.4. The van der Waals surface area contributed by atoms with Crippen LogP contribution in [-0.4, -0.2) is 37.7 Å². The lowest BCUT2D eigenvalue weighted by molar-refractivity contribution is -0.147. The fourth-order valence-electron chi connectivity index (χ4n) is 1.49. The van der Waals surface area contributed by atoms with Crippen LogP contribution in [0, 0.1) is 11.8 Å². The molecule has 0 N–H and O–H groups in total. The van der Waals surface area contributed by atoms with Gasteiger partial charge in [-0.1, -0.05) is 41.0 Å². The number of unbranched alkanes of at least 4 members (excludes halogenated alkanes) is 1. The van der Waals surface area contributed by atoms with Crippen LogP contribution in [0.1, 0.15) is 53.9 Å². The molecule has 0 aromatic carbocycles. The molecule has 0 saturated carbocycles. The molecule has 0 bridgehead atoms. The van der Waals surface area contributed by atoms with Crippen LogP contribution in [0.15, 0.2) is 11.6 Å². The lowest BCUT2D eigenvalue weighted by Gasteiger charge is -2.11. The number of esters is 3. The van der Waals surface area contributed by atoms with E-state index >= 15 is 0 Å². The van der Waals surface area contributed by atoms with Crippen LogP contribution in [0.5, 0.6) is 0 Å². The molecular formula is C18H30O6. The van der Waals surface area contributed by atoms with E-state index in [9.17, 15) is 14.4 Å². The zero-order chi connectivity index (χ0) is 18.5. The second-order valence-electron chi connectivity index (χ2n) is 6.44. The first-order valence-electron chi connectivity index (χ1n) is 8.46. The summed E-state index contributed by atoms with van der Waals surface area (Å²) in [5, 5.41) is 0. The molecule has 6 nitrogen and oxygen atoms in total. The number of carbonyl (C=O) groups excluding carboxylic acids is 3. The molecule has 0 heterocycles. The van der Waals surface area contributed by atoms with Gasteiger partial charge in [0, 0.05) is 6.08 Å². The summed E-state index contributed by atoms with van der Waals surface area (Å²) < 4.78 is 15.1. The van der Waals surface area contributed by atoms with Gasteiger partial charge in [-0.2, -0.15) is 0 Å². The van der Waals surface area contributed by atoms with Crippen molar-refractivity contribution >= 4 is 17.9 Å². The smallest absolute Gasteiger partial charge is 0.334 e. The minimum Gasteiger partial charge on any atom is -0.465 e. The van der Waals surface area contributed by atoms with Crippen LogP contribution >= 0.6 is 0 Å². The predicted octanol–water partition coefficient (Wildman–Crippen LogP) is 3.04. The summed E-state index contributed by atoms with van der Waals surface area (Å²) in [4.78, 5) is 35.7. The summed E-state index contributed by atoms with van der Waals surface area (Å²) >= 11 is 0. The Hall–Kier alpha value is -1.85. The number of carbonyl (C=O) groups is 3. The Balaban J connectivity index is 4.83. The Morgan fingerprint density at radius 2 is 1.50 bits per heavy atom. The van der Waals surface area contributed by atoms with E-state index < -0.39 is 17.9 Å². The third-order valence-corrected chi connectivity index (χ3v) is 2.76. The topological polar surface area (TPSA) is 78.9 Å². The molecule has 0 aromatic heterocycles. The third kappa shape index (κ3) is 11.7. The van der Waals surface area contributed by atoms with Gasteiger partial charge in [0.1, 0.15) is 0 Å². The van der Waals surface area contributed by atoms with Gasteiger partial charge in [-0.15, -0.1) is 0 Å². The van der Waals surface area contributed by atoms with Gasteiger partial charge < -0.3 is 14.2 Å².